The molecule has 66 valence electrons. The van der Waals surface area contributed by atoms with Gasteiger partial charge in [0.05, 0.1) is 12.1 Å². The molecular formula is C8H7N3O2. The Kier molecular flexibility index (Phi) is 1.70. The molecule has 5 nitrogen and oxygen atoms in total. The molecule has 1 N–H and O–H groups in total. The standard InChI is InChI=1S/C8H7N3O2/c12-5-4-11-7-6(10-8(11)13)2-1-3-9-7/h1-3,5H,4H2,(H,10,13). The number of imidazole rings is 1. The van der Waals surface area contributed by atoms with Gasteiger partial charge in [-0.05, 0) is 12.1 Å². The molecule has 0 aromatic carbocycles. The number of nitrogens with zero attached hydrogens (tertiary/aromatic N) is 2. The van der Waals surface area contributed by atoms with Crippen LogP contribution in [0.4, 0.5) is 0 Å². The Bertz CT molecular complexity index is 497. The summed E-state index contributed by atoms with van der Waals surface area (Å²) in [6, 6.07) is 3.47. The maximum atomic E-state index is 11.2. The van der Waals surface area contributed by atoms with Crippen LogP contribution in [-0.4, -0.2) is 20.8 Å². The molecule has 0 aliphatic carbocycles. The summed E-state index contributed by atoms with van der Waals surface area (Å²) < 4.78 is 1.29. The van der Waals surface area contributed by atoms with E-state index in [9.17, 15) is 9.59 Å². The Labute approximate surface area is 73.0 Å². The van der Waals surface area contributed by atoms with E-state index in [1.165, 1.54) is 4.57 Å². The monoisotopic (exact) mass is 177 g/mol. The minimum Gasteiger partial charge on any atom is -0.304 e. The first-order chi connectivity index (χ1) is 6.33. The molecule has 13 heavy (non-hydrogen) atoms. The van der Waals surface area contributed by atoms with Crippen LogP contribution in [-0.2, 0) is 11.3 Å². The zero-order chi connectivity index (χ0) is 9.26. The molecule has 0 unspecified atom stereocenters. The van der Waals surface area contributed by atoms with E-state index in [1.54, 1.807) is 18.3 Å². The summed E-state index contributed by atoms with van der Waals surface area (Å²) >= 11 is 0. The van der Waals surface area contributed by atoms with Crippen molar-refractivity contribution in [1.29, 1.82) is 0 Å². The van der Waals surface area contributed by atoms with Crippen LogP contribution in [0.1, 0.15) is 0 Å². The molecule has 0 atom stereocenters. The summed E-state index contributed by atoms with van der Waals surface area (Å²) in [6.07, 6.45) is 2.25. The van der Waals surface area contributed by atoms with Gasteiger partial charge in [0, 0.05) is 6.20 Å². The maximum absolute atomic E-state index is 11.2. The van der Waals surface area contributed by atoms with E-state index in [-0.39, 0.29) is 12.2 Å². The van der Waals surface area contributed by atoms with Crippen LogP contribution >= 0.6 is 0 Å². The highest BCUT2D eigenvalue weighted by Crippen LogP contribution is 2.03. The summed E-state index contributed by atoms with van der Waals surface area (Å²) in [5, 5.41) is 0. The zero-order valence-electron chi connectivity index (χ0n) is 6.73. The first kappa shape index (κ1) is 7.72. The predicted molar refractivity (Wildman–Crippen MR) is 46.4 cm³/mol. The van der Waals surface area contributed by atoms with Crippen LogP contribution in [0.25, 0.3) is 11.2 Å². The van der Waals surface area contributed by atoms with Crippen LogP contribution in [0, 0.1) is 0 Å². The lowest BCUT2D eigenvalue weighted by molar-refractivity contribution is -0.108. The highest BCUT2D eigenvalue weighted by molar-refractivity contribution is 5.71. The molecule has 0 saturated carbocycles. The number of carbonyl (C=O) groups excluding carboxylic acids is 1. The Morgan fingerprint density at radius 2 is 2.46 bits per heavy atom. The highest BCUT2D eigenvalue weighted by Gasteiger charge is 2.04. The van der Waals surface area contributed by atoms with Gasteiger partial charge in [0.1, 0.15) is 6.29 Å². The third kappa shape index (κ3) is 1.14. The second-order valence-corrected chi connectivity index (χ2v) is 2.58. The van der Waals surface area contributed by atoms with E-state index in [2.05, 4.69) is 9.97 Å². The van der Waals surface area contributed by atoms with Crippen LogP contribution in [0.3, 0.4) is 0 Å². The summed E-state index contributed by atoms with van der Waals surface area (Å²) in [6.45, 7) is 0.0375. The molecule has 0 radical (unpaired) electrons. The Hall–Kier alpha value is -1.91. The van der Waals surface area contributed by atoms with Crippen molar-refractivity contribution in [2.24, 2.45) is 0 Å². The topological polar surface area (TPSA) is 67.8 Å². The average Bonchev–Trinajstić information content (AvgIpc) is 2.44. The van der Waals surface area contributed by atoms with Crippen molar-refractivity contribution in [3.63, 3.8) is 0 Å². The van der Waals surface area contributed by atoms with Crippen LogP contribution in [0.15, 0.2) is 23.1 Å². The predicted octanol–water partition coefficient (Wildman–Crippen LogP) is -0.0765. The number of aromatic nitrogens is 3. The molecule has 2 aromatic rings. The number of aromatic amines is 1. The molecule has 0 fully saturated rings. The summed E-state index contributed by atoms with van der Waals surface area (Å²) in [4.78, 5) is 28.1. The smallest absolute Gasteiger partial charge is 0.304 e. The molecule has 2 rings (SSSR count). The summed E-state index contributed by atoms with van der Waals surface area (Å²) in [7, 11) is 0. The molecule has 2 heterocycles. The van der Waals surface area contributed by atoms with Gasteiger partial charge in [-0.3, -0.25) is 4.57 Å². The largest absolute Gasteiger partial charge is 0.328 e. The molecule has 2 aromatic heterocycles. The lowest BCUT2D eigenvalue weighted by atomic mass is 10.4. The number of hydrogen-bond donors (Lipinski definition) is 1. The first-order valence-corrected chi connectivity index (χ1v) is 3.80. The van der Waals surface area contributed by atoms with Gasteiger partial charge in [-0.2, -0.15) is 0 Å². The number of hydrogen-bond acceptors (Lipinski definition) is 3. The number of carbonyl (C=O) groups is 1. The van der Waals surface area contributed by atoms with Crippen molar-refractivity contribution in [2.75, 3.05) is 0 Å². The van der Waals surface area contributed by atoms with Gasteiger partial charge < -0.3 is 9.78 Å². The summed E-state index contributed by atoms with van der Waals surface area (Å²) in [5.74, 6) is 0. The van der Waals surface area contributed by atoms with Crippen molar-refractivity contribution in [3.05, 3.63) is 28.8 Å². The molecule has 0 saturated heterocycles. The van der Waals surface area contributed by atoms with E-state index < -0.39 is 0 Å². The second-order valence-electron chi connectivity index (χ2n) is 2.58. The van der Waals surface area contributed by atoms with Gasteiger partial charge in [0.2, 0.25) is 0 Å². The SMILES string of the molecule is O=CCn1c(=O)[nH]c2cccnc21. The van der Waals surface area contributed by atoms with Gasteiger partial charge in [-0.1, -0.05) is 0 Å². The fraction of sp³-hybridized carbons (Fsp3) is 0.125. The van der Waals surface area contributed by atoms with Crippen molar-refractivity contribution in [1.82, 2.24) is 14.5 Å². The number of rotatable bonds is 2. The van der Waals surface area contributed by atoms with Crippen molar-refractivity contribution in [2.45, 2.75) is 6.54 Å². The fourth-order valence-electron chi connectivity index (χ4n) is 1.23. The van der Waals surface area contributed by atoms with Gasteiger partial charge in [-0.15, -0.1) is 0 Å². The molecule has 0 aliphatic heterocycles. The van der Waals surface area contributed by atoms with Crippen molar-refractivity contribution >= 4 is 17.5 Å². The number of pyridine rings is 1. The minimum absolute atomic E-state index is 0.0375. The van der Waals surface area contributed by atoms with E-state index in [0.717, 1.165) is 0 Å². The fourth-order valence-corrected chi connectivity index (χ4v) is 1.23. The normalized spacial score (nSPS) is 10.5. The minimum atomic E-state index is -0.305. The number of fused-ring (bicyclic) bond motifs is 1. The van der Waals surface area contributed by atoms with Crippen LogP contribution < -0.4 is 5.69 Å². The second kappa shape index (κ2) is 2.85. The van der Waals surface area contributed by atoms with Gasteiger partial charge in [0.25, 0.3) is 0 Å². The van der Waals surface area contributed by atoms with Gasteiger partial charge >= 0.3 is 5.69 Å². The molecule has 5 heteroatoms. The highest BCUT2D eigenvalue weighted by atomic mass is 16.1. The Morgan fingerprint density at radius 1 is 1.62 bits per heavy atom. The van der Waals surface area contributed by atoms with Gasteiger partial charge in [0.15, 0.2) is 5.65 Å². The first-order valence-electron chi connectivity index (χ1n) is 3.80. The molecule has 0 amide bonds. The molecular weight excluding hydrogens is 170 g/mol. The summed E-state index contributed by atoms with van der Waals surface area (Å²) in [5.41, 5.74) is 0.856. The average molecular weight is 177 g/mol. The Balaban J connectivity index is 2.78. The molecule has 0 spiro atoms. The number of aldehydes is 1. The third-order valence-corrected chi connectivity index (χ3v) is 1.79. The number of H-pyrrole nitrogens is 1. The van der Waals surface area contributed by atoms with E-state index in [4.69, 9.17) is 0 Å². The van der Waals surface area contributed by atoms with E-state index in [0.29, 0.717) is 17.5 Å². The van der Waals surface area contributed by atoms with E-state index in [1.807, 2.05) is 0 Å². The quantitative estimate of drug-likeness (QED) is 0.652. The molecule has 0 bridgehead atoms. The lowest BCUT2D eigenvalue weighted by Crippen LogP contribution is -2.17. The number of nitrogens with one attached hydrogen (secondary N) is 1. The lowest BCUT2D eigenvalue weighted by Gasteiger charge is -1.93. The van der Waals surface area contributed by atoms with Crippen molar-refractivity contribution in [3.8, 4) is 0 Å². The zero-order valence-corrected chi connectivity index (χ0v) is 6.73. The maximum Gasteiger partial charge on any atom is 0.328 e. The Morgan fingerprint density at radius 3 is 3.23 bits per heavy atom. The van der Waals surface area contributed by atoms with Crippen LogP contribution in [0.2, 0.25) is 0 Å². The van der Waals surface area contributed by atoms with E-state index >= 15 is 0 Å². The van der Waals surface area contributed by atoms with Gasteiger partial charge in [-0.25, -0.2) is 9.78 Å². The third-order valence-electron chi connectivity index (χ3n) is 1.79. The van der Waals surface area contributed by atoms with Crippen LogP contribution in [0.5, 0.6) is 0 Å². The molecule has 0 aliphatic rings. The van der Waals surface area contributed by atoms with Crippen molar-refractivity contribution < 1.29 is 4.79 Å².